The summed E-state index contributed by atoms with van der Waals surface area (Å²) in [6, 6.07) is 14.9. The molecule has 1 atom stereocenters. The molecule has 0 saturated carbocycles. The Morgan fingerprint density at radius 1 is 1.07 bits per heavy atom. The van der Waals surface area contributed by atoms with Gasteiger partial charge in [0.25, 0.3) is 5.91 Å². The largest absolute Gasteiger partial charge is 0.494 e. The molecule has 0 radical (unpaired) electrons. The second kappa shape index (κ2) is 9.40. The van der Waals surface area contributed by atoms with Crippen molar-refractivity contribution < 1.29 is 14.3 Å². The van der Waals surface area contributed by atoms with Crippen molar-refractivity contribution in [2.45, 2.75) is 46.1 Å². The van der Waals surface area contributed by atoms with Crippen LogP contribution in [0.5, 0.6) is 5.75 Å². The summed E-state index contributed by atoms with van der Waals surface area (Å²) < 4.78 is 5.49. The number of amides is 2. The number of carbonyl (C=O) groups is 2. The molecule has 2 aromatic rings. The molecule has 2 aromatic carbocycles. The fourth-order valence-electron chi connectivity index (χ4n) is 2.80. The van der Waals surface area contributed by atoms with Gasteiger partial charge in [-0.05, 0) is 54.7 Å². The predicted octanol–water partition coefficient (Wildman–Crippen LogP) is 3.99. The van der Waals surface area contributed by atoms with Gasteiger partial charge in [0.1, 0.15) is 5.75 Å². The molecule has 0 saturated heterocycles. The molecule has 5 nitrogen and oxygen atoms in total. The highest BCUT2D eigenvalue weighted by molar-refractivity contribution is 5.96. The normalized spacial score (nSPS) is 12.2. The summed E-state index contributed by atoms with van der Waals surface area (Å²) in [6.07, 6.45) is 0. The Hall–Kier alpha value is -2.82. The number of carbonyl (C=O) groups excluding carboxylic acids is 2. The van der Waals surface area contributed by atoms with E-state index in [0.29, 0.717) is 12.2 Å². The molecule has 5 heteroatoms. The minimum absolute atomic E-state index is 0.0322. The summed E-state index contributed by atoms with van der Waals surface area (Å²) in [5.41, 5.74) is 2.68. The van der Waals surface area contributed by atoms with Crippen LogP contribution in [-0.2, 0) is 10.2 Å². The van der Waals surface area contributed by atoms with Gasteiger partial charge in [0.2, 0.25) is 5.91 Å². The molecule has 0 spiro atoms. The van der Waals surface area contributed by atoms with Crippen LogP contribution in [0.2, 0.25) is 0 Å². The highest BCUT2D eigenvalue weighted by Crippen LogP contribution is 2.22. The molecule has 2 N–H and O–H groups in total. The van der Waals surface area contributed by atoms with Crippen molar-refractivity contribution in [1.82, 2.24) is 10.6 Å². The number of hydrogen-bond donors (Lipinski definition) is 2. The Kier molecular flexibility index (Phi) is 7.21. The van der Waals surface area contributed by atoms with Gasteiger partial charge in [-0.3, -0.25) is 9.59 Å². The van der Waals surface area contributed by atoms with E-state index in [0.717, 1.165) is 16.9 Å². The quantitative estimate of drug-likeness (QED) is 0.761. The molecule has 0 aromatic heterocycles. The molecule has 2 rings (SSSR count). The van der Waals surface area contributed by atoms with Crippen LogP contribution in [0.3, 0.4) is 0 Å². The highest BCUT2D eigenvalue weighted by atomic mass is 16.5. The first-order valence-corrected chi connectivity index (χ1v) is 9.61. The lowest BCUT2D eigenvalue weighted by Gasteiger charge is -2.19. The van der Waals surface area contributed by atoms with E-state index in [4.69, 9.17) is 4.74 Å². The van der Waals surface area contributed by atoms with E-state index in [1.165, 1.54) is 0 Å². The van der Waals surface area contributed by atoms with Crippen LogP contribution >= 0.6 is 0 Å². The van der Waals surface area contributed by atoms with Gasteiger partial charge >= 0.3 is 0 Å². The van der Waals surface area contributed by atoms with Crippen molar-refractivity contribution in [2.24, 2.45) is 0 Å². The van der Waals surface area contributed by atoms with Crippen molar-refractivity contribution in [3.05, 3.63) is 65.2 Å². The van der Waals surface area contributed by atoms with E-state index in [2.05, 4.69) is 31.4 Å². The molecular formula is C23H30N2O3. The number of hydrogen-bond acceptors (Lipinski definition) is 3. The lowest BCUT2D eigenvalue weighted by atomic mass is 9.87. The van der Waals surface area contributed by atoms with Crippen LogP contribution in [0.4, 0.5) is 0 Å². The highest BCUT2D eigenvalue weighted by Gasteiger charge is 2.15. The summed E-state index contributed by atoms with van der Waals surface area (Å²) in [7, 11) is 0. The first-order valence-electron chi connectivity index (χ1n) is 9.61. The second-order valence-corrected chi connectivity index (χ2v) is 7.80. The molecule has 1 unspecified atom stereocenters. The number of benzene rings is 2. The van der Waals surface area contributed by atoms with Crippen LogP contribution in [0.1, 0.15) is 62.1 Å². The molecule has 2 amide bonds. The summed E-state index contributed by atoms with van der Waals surface area (Å²) in [4.78, 5) is 24.5. The molecule has 28 heavy (non-hydrogen) atoms. The zero-order valence-corrected chi connectivity index (χ0v) is 17.3. The monoisotopic (exact) mass is 382 g/mol. The van der Waals surface area contributed by atoms with E-state index in [1.807, 2.05) is 50.2 Å². The van der Waals surface area contributed by atoms with Crippen molar-refractivity contribution in [2.75, 3.05) is 13.2 Å². The van der Waals surface area contributed by atoms with E-state index in [1.54, 1.807) is 12.1 Å². The van der Waals surface area contributed by atoms with Crippen molar-refractivity contribution in [1.29, 1.82) is 0 Å². The van der Waals surface area contributed by atoms with Crippen LogP contribution in [-0.4, -0.2) is 25.0 Å². The lowest BCUT2D eigenvalue weighted by Crippen LogP contribution is -2.38. The van der Waals surface area contributed by atoms with Gasteiger partial charge in [0.05, 0.1) is 19.2 Å². The Morgan fingerprint density at radius 3 is 2.36 bits per heavy atom. The molecule has 0 fully saturated rings. The first-order chi connectivity index (χ1) is 13.2. The third-order valence-electron chi connectivity index (χ3n) is 4.47. The SMILES string of the molecule is CCOc1cccc(C(C)NC(=O)CNC(=O)c2ccc(C(C)(C)C)cc2)c1. The third-order valence-corrected chi connectivity index (χ3v) is 4.47. The Morgan fingerprint density at radius 2 is 1.75 bits per heavy atom. The molecule has 0 aliphatic heterocycles. The van der Waals surface area contributed by atoms with Gasteiger partial charge < -0.3 is 15.4 Å². The first kappa shape index (κ1) is 21.5. The maximum Gasteiger partial charge on any atom is 0.251 e. The van der Waals surface area contributed by atoms with Gasteiger partial charge in [-0.15, -0.1) is 0 Å². The van der Waals surface area contributed by atoms with Crippen LogP contribution < -0.4 is 15.4 Å². The fraction of sp³-hybridized carbons (Fsp3) is 0.391. The molecular weight excluding hydrogens is 352 g/mol. The second-order valence-electron chi connectivity index (χ2n) is 7.80. The van der Waals surface area contributed by atoms with Gasteiger partial charge in [-0.1, -0.05) is 45.0 Å². The summed E-state index contributed by atoms with van der Waals surface area (Å²) in [5.74, 6) is 0.267. The number of ether oxygens (including phenoxy) is 1. The van der Waals surface area contributed by atoms with Crippen LogP contribution in [0, 0.1) is 0 Å². The smallest absolute Gasteiger partial charge is 0.251 e. The van der Waals surface area contributed by atoms with E-state index >= 15 is 0 Å². The lowest BCUT2D eigenvalue weighted by molar-refractivity contribution is -0.120. The molecule has 0 aliphatic carbocycles. The molecule has 0 heterocycles. The van der Waals surface area contributed by atoms with Crippen molar-refractivity contribution >= 4 is 11.8 Å². The molecule has 150 valence electrons. The fourth-order valence-corrected chi connectivity index (χ4v) is 2.80. The predicted molar refractivity (Wildman–Crippen MR) is 112 cm³/mol. The Labute approximate surface area is 167 Å². The molecule has 0 aliphatic rings. The van der Waals surface area contributed by atoms with E-state index < -0.39 is 0 Å². The van der Waals surface area contributed by atoms with Gasteiger partial charge in [0.15, 0.2) is 0 Å². The minimum atomic E-state index is -0.262. The Bertz CT molecular complexity index is 807. The maximum absolute atomic E-state index is 12.3. The third kappa shape index (κ3) is 6.12. The Balaban J connectivity index is 1.87. The maximum atomic E-state index is 12.3. The van der Waals surface area contributed by atoms with E-state index in [-0.39, 0.29) is 29.8 Å². The average Bonchev–Trinajstić information content (AvgIpc) is 2.66. The van der Waals surface area contributed by atoms with Crippen LogP contribution in [0.15, 0.2) is 48.5 Å². The number of nitrogens with one attached hydrogen (secondary N) is 2. The summed E-state index contributed by atoms with van der Waals surface area (Å²) in [5, 5.41) is 5.56. The zero-order chi connectivity index (χ0) is 20.7. The van der Waals surface area contributed by atoms with Crippen molar-refractivity contribution in [3.8, 4) is 5.75 Å². The topological polar surface area (TPSA) is 67.4 Å². The molecule has 0 bridgehead atoms. The number of rotatable bonds is 7. The zero-order valence-electron chi connectivity index (χ0n) is 17.3. The van der Waals surface area contributed by atoms with Gasteiger partial charge in [0, 0.05) is 5.56 Å². The van der Waals surface area contributed by atoms with Gasteiger partial charge in [-0.2, -0.15) is 0 Å². The van der Waals surface area contributed by atoms with Crippen molar-refractivity contribution in [3.63, 3.8) is 0 Å². The minimum Gasteiger partial charge on any atom is -0.494 e. The van der Waals surface area contributed by atoms with Gasteiger partial charge in [-0.25, -0.2) is 0 Å². The standard InChI is InChI=1S/C23H30N2O3/c1-6-28-20-9-7-8-18(14-20)16(2)25-21(26)15-24-22(27)17-10-12-19(13-11-17)23(3,4)5/h7-14,16H,6,15H2,1-5H3,(H,24,27)(H,25,26). The summed E-state index contributed by atoms with van der Waals surface area (Å²) in [6.45, 7) is 10.7. The average molecular weight is 383 g/mol. The van der Waals surface area contributed by atoms with E-state index in [9.17, 15) is 9.59 Å². The summed E-state index contributed by atoms with van der Waals surface area (Å²) >= 11 is 0. The van der Waals surface area contributed by atoms with Crippen LogP contribution in [0.25, 0.3) is 0 Å².